The topological polar surface area (TPSA) is 249 Å². The monoisotopic (exact) mass is 920 g/mol. The first-order chi connectivity index (χ1) is 30.4. The molecule has 65 heavy (non-hydrogen) atoms. The van der Waals surface area contributed by atoms with Crippen LogP contribution in [0.5, 0.6) is 0 Å². The normalized spacial score (nSPS) is 11.8. The fourth-order valence-corrected chi connectivity index (χ4v) is 5.71. The second-order valence-electron chi connectivity index (χ2n) is 18.5. The van der Waals surface area contributed by atoms with Crippen molar-refractivity contribution in [3.63, 3.8) is 0 Å². The number of ether oxygens (including phenoxy) is 4. The lowest BCUT2D eigenvalue weighted by Crippen LogP contribution is -2.45. The number of unbranched alkanes of at least 4 members (excludes halogenated alkanes) is 3. The number of amides is 7. The van der Waals surface area contributed by atoms with Crippen molar-refractivity contribution in [2.75, 3.05) is 45.8 Å². The molecule has 7 amide bonds. The van der Waals surface area contributed by atoms with Crippen LogP contribution in [-0.4, -0.2) is 121 Å². The van der Waals surface area contributed by atoms with Crippen molar-refractivity contribution in [2.24, 2.45) is 0 Å². The summed E-state index contributed by atoms with van der Waals surface area (Å²) in [6.07, 6.45) is 1.56. The molecular formula is C46H77N7O12. The molecule has 0 radical (unpaired) electrons. The quantitative estimate of drug-likeness (QED) is 0.0363. The number of carbonyl (C=O) groups excluding carboxylic acids is 8. The molecule has 1 aromatic carbocycles. The van der Waals surface area contributed by atoms with Crippen LogP contribution in [0, 0.1) is 0 Å². The number of nitrogens with zero attached hydrogens (tertiary/aromatic N) is 1. The largest absolute Gasteiger partial charge is 0.459 e. The van der Waals surface area contributed by atoms with Crippen LogP contribution in [0.3, 0.4) is 0 Å². The third-order valence-electron chi connectivity index (χ3n) is 8.75. The fourth-order valence-electron chi connectivity index (χ4n) is 5.71. The van der Waals surface area contributed by atoms with Crippen LogP contribution in [0.2, 0.25) is 0 Å². The maximum Gasteiger partial charge on any atom is 0.407 e. The first kappa shape index (κ1) is 57.4. The minimum Gasteiger partial charge on any atom is -0.459 e. The fraction of sp³-hybridized carbons (Fsp3) is 0.696. The summed E-state index contributed by atoms with van der Waals surface area (Å²) in [7, 11) is 0. The molecule has 0 fully saturated rings. The molecule has 0 aliphatic heterocycles. The maximum atomic E-state index is 13.7. The number of benzene rings is 1. The Hall–Kier alpha value is -5.62. The molecule has 6 N–H and O–H groups in total. The summed E-state index contributed by atoms with van der Waals surface area (Å²) in [5, 5.41) is 16.3. The predicted molar refractivity (Wildman–Crippen MR) is 244 cm³/mol. The van der Waals surface area contributed by atoms with Gasteiger partial charge in [-0.1, -0.05) is 30.3 Å². The second kappa shape index (κ2) is 30.5. The van der Waals surface area contributed by atoms with Crippen molar-refractivity contribution in [1.29, 1.82) is 0 Å². The zero-order valence-corrected chi connectivity index (χ0v) is 40.2. The van der Waals surface area contributed by atoms with Crippen LogP contribution in [0.1, 0.15) is 139 Å². The Morgan fingerprint density at radius 3 is 1.31 bits per heavy atom. The SMILES string of the molecule is CC(C)(C)OC(=O)NCCCCC(=O)NCCN(CCNC(=O)CCCCNC(=O)OC(C)(C)C)C(=O)CCC(NC(=O)CCCCNC(=O)OC(C)(C)C)C(=O)OCc1ccccc1. The van der Waals surface area contributed by atoms with E-state index in [1.54, 1.807) is 86.6 Å². The van der Waals surface area contributed by atoms with Crippen molar-refractivity contribution in [2.45, 2.75) is 162 Å². The van der Waals surface area contributed by atoms with E-state index in [0.29, 0.717) is 51.6 Å². The van der Waals surface area contributed by atoms with Crippen molar-refractivity contribution in [3.8, 4) is 0 Å². The van der Waals surface area contributed by atoms with Gasteiger partial charge < -0.3 is 55.7 Å². The molecule has 1 unspecified atom stereocenters. The zero-order valence-electron chi connectivity index (χ0n) is 40.2. The predicted octanol–water partition coefficient (Wildman–Crippen LogP) is 5.14. The van der Waals surface area contributed by atoms with E-state index in [4.69, 9.17) is 18.9 Å². The molecule has 368 valence electrons. The summed E-state index contributed by atoms with van der Waals surface area (Å²) in [4.78, 5) is 103. The number of nitrogens with one attached hydrogen (secondary N) is 6. The molecule has 0 bridgehead atoms. The van der Waals surface area contributed by atoms with E-state index in [2.05, 4.69) is 31.9 Å². The standard InChI is InChI=1S/C46H77N7O12/c1-44(2,3)63-41(59)49-26-16-13-21-36(54)47-29-31-53(32-30-48-37(55)22-14-17-27-50-42(60)64-45(4,5)6)39(57)25-24-35(40(58)62-33-34-19-11-10-12-20-34)52-38(56)23-15-18-28-51-43(61)65-46(7,8)9/h10-12,19-20,35H,13-18,21-33H2,1-9H3,(H,47,54)(H,48,55)(H,49,59)(H,50,60)(H,51,61)(H,52,56). The van der Waals surface area contributed by atoms with Gasteiger partial charge in [0.15, 0.2) is 0 Å². The Kier molecular flexibility index (Phi) is 26.9. The summed E-state index contributed by atoms with van der Waals surface area (Å²) < 4.78 is 21.2. The van der Waals surface area contributed by atoms with Gasteiger partial charge in [-0.2, -0.15) is 0 Å². The highest BCUT2D eigenvalue weighted by Gasteiger charge is 2.25. The smallest absolute Gasteiger partial charge is 0.407 e. The molecule has 19 nitrogen and oxygen atoms in total. The summed E-state index contributed by atoms with van der Waals surface area (Å²) in [5.41, 5.74) is -1.14. The van der Waals surface area contributed by atoms with Crippen molar-refractivity contribution in [1.82, 2.24) is 36.8 Å². The number of alkyl carbamates (subject to hydrolysis) is 3. The Morgan fingerprint density at radius 2 is 0.908 bits per heavy atom. The lowest BCUT2D eigenvalue weighted by atomic mass is 10.1. The highest BCUT2D eigenvalue weighted by molar-refractivity contribution is 5.85. The van der Waals surface area contributed by atoms with Gasteiger partial charge in [0.25, 0.3) is 0 Å². The van der Waals surface area contributed by atoms with Crippen molar-refractivity contribution in [3.05, 3.63) is 35.9 Å². The Morgan fingerprint density at radius 1 is 0.508 bits per heavy atom. The summed E-state index contributed by atoms with van der Waals surface area (Å²) >= 11 is 0. The van der Waals surface area contributed by atoms with E-state index in [9.17, 15) is 38.4 Å². The van der Waals surface area contributed by atoms with Gasteiger partial charge in [-0.3, -0.25) is 19.2 Å². The molecule has 0 saturated carbocycles. The van der Waals surface area contributed by atoms with E-state index in [1.165, 1.54) is 4.90 Å². The van der Waals surface area contributed by atoms with Gasteiger partial charge in [0.1, 0.15) is 29.5 Å². The van der Waals surface area contributed by atoms with Crippen molar-refractivity contribution >= 4 is 47.9 Å². The molecule has 19 heteroatoms. The number of carbonyl (C=O) groups is 8. The molecule has 0 aliphatic carbocycles. The number of rotatable bonds is 28. The lowest BCUT2D eigenvalue weighted by Gasteiger charge is -2.24. The van der Waals surface area contributed by atoms with E-state index in [-0.39, 0.29) is 89.2 Å². The van der Waals surface area contributed by atoms with Crippen LogP contribution in [0.4, 0.5) is 14.4 Å². The molecule has 0 spiro atoms. The number of esters is 1. The van der Waals surface area contributed by atoms with Crippen LogP contribution in [0.25, 0.3) is 0 Å². The highest BCUT2D eigenvalue weighted by Crippen LogP contribution is 2.11. The molecule has 1 rings (SSSR count). The minimum atomic E-state index is -1.15. The Bertz CT molecular complexity index is 1580. The second-order valence-corrected chi connectivity index (χ2v) is 18.5. The first-order valence-corrected chi connectivity index (χ1v) is 22.6. The Balaban J connectivity index is 2.87. The van der Waals surface area contributed by atoms with Gasteiger partial charge >= 0.3 is 24.2 Å². The van der Waals surface area contributed by atoms with Crippen molar-refractivity contribution < 1.29 is 57.3 Å². The van der Waals surface area contributed by atoms with Gasteiger partial charge in [0.05, 0.1) is 0 Å². The lowest BCUT2D eigenvalue weighted by molar-refractivity contribution is -0.149. The number of hydrogen-bond donors (Lipinski definition) is 6. The average Bonchev–Trinajstić information content (AvgIpc) is 3.18. The highest BCUT2D eigenvalue weighted by atomic mass is 16.6. The van der Waals surface area contributed by atoms with Gasteiger partial charge in [0.2, 0.25) is 23.6 Å². The van der Waals surface area contributed by atoms with Crippen LogP contribution < -0.4 is 31.9 Å². The van der Waals surface area contributed by atoms with Gasteiger partial charge in [0, 0.05) is 71.5 Å². The zero-order chi connectivity index (χ0) is 48.9. The average molecular weight is 920 g/mol. The van der Waals surface area contributed by atoms with E-state index in [1.807, 2.05) is 6.07 Å². The van der Waals surface area contributed by atoms with Gasteiger partial charge in [-0.25, -0.2) is 19.2 Å². The van der Waals surface area contributed by atoms with E-state index in [0.717, 1.165) is 5.56 Å². The summed E-state index contributed by atoms with van der Waals surface area (Å²) in [5.74, 6) is -2.00. The third kappa shape index (κ3) is 32.7. The minimum absolute atomic E-state index is 0.0393. The molecule has 0 heterocycles. The molecule has 1 aromatic rings. The van der Waals surface area contributed by atoms with E-state index < -0.39 is 53.0 Å². The van der Waals surface area contributed by atoms with Crippen LogP contribution >= 0.6 is 0 Å². The van der Waals surface area contributed by atoms with E-state index >= 15 is 0 Å². The summed E-state index contributed by atoms with van der Waals surface area (Å²) in [6, 6.07) is 7.87. The third-order valence-corrected chi connectivity index (χ3v) is 8.75. The Labute approximate surface area is 385 Å². The molecule has 0 saturated heterocycles. The molecular weight excluding hydrogens is 843 g/mol. The first-order valence-electron chi connectivity index (χ1n) is 22.6. The van der Waals surface area contributed by atoms with Crippen LogP contribution in [0.15, 0.2) is 30.3 Å². The van der Waals surface area contributed by atoms with Crippen LogP contribution in [-0.2, 0) is 49.5 Å². The van der Waals surface area contributed by atoms with Gasteiger partial charge in [-0.15, -0.1) is 0 Å². The molecule has 1 atom stereocenters. The summed E-state index contributed by atoms with van der Waals surface area (Å²) in [6.45, 7) is 17.2. The molecule has 0 aromatic heterocycles. The maximum absolute atomic E-state index is 13.7. The number of hydrogen-bond acceptors (Lipinski definition) is 12. The van der Waals surface area contributed by atoms with Gasteiger partial charge in [-0.05, 0) is 113 Å². The molecule has 0 aliphatic rings.